The normalized spacial score (nSPS) is 13.7. The van der Waals surface area contributed by atoms with Crippen molar-refractivity contribution in [3.63, 3.8) is 0 Å². The number of carbonyl (C=O) groups is 1. The first kappa shape index (κ1) is 15.7. The Bertz CT molecular complexity index is 726. The number of rotatable bonds is 5. The predicted octanol–water partition coefficient (Wildman–Crippen LogP) is 3.67. The van der Waals surface area contributed by atoms with E-state index in [1.807, 2.05) is 55.5 Å². The third-order valence-corrected chi connectivity index (χ3v) is 3.41. The van der Waals surface area contributed by atoms with Gasteiger partial charge in [-0.15, -0.1) is 0 Å². The number of nitriles is 1. The maximum atomic E-state index is 11.6. The Morgan fingerprint density at radius 1 is 1.32 bits per heavy atom. The van der Waals surface area contributed by atoms with Crippen LogP contribution >= 0.6 is 0 Å². The smallest absolute Gasteiger partial charge is 0.328 e. The van der Waals surface area contributed by atoms with E-state index in [1.54, 1.807) is 6.92 Å². The van der Waals surface area contributed by atoms with Crippen LogP contribution in [0.5, 0.6) is 0 Å². The van der Waals surface area contributed by atoms with E-state index in [1.165, 1.54) is 6.21 Å². The Morgan fingerprint density at radius 3 is 2.77 bits per heavy atom. The zero-order chi connectivity index (χ0) is 15.9. The van der Waals surface area contributed by atoms with Gasteiger partial charge in [-0.3, -0.25) is 9.79 Å². The molecule has 0 unspecified atom stereocenters. The highest BCUT2D eigenvalue weighted by Crippen LogP contribution is 2.26. The highest BCUT2D eigenvalue weighted by Gasteiger charge is 2.17. The second-order valence-corrected chi connectivity index (χ2v) is 4.90. The molecule has 0 N–H and O–H groups in total. The number of esters is 1. The number of fused-ring (bicyclic) bond motifs is 1. The van der Waals surface area contributed by atoms with Gasteiger partial charge in [-0.1, -0.05) is 42.5 Å². The zero-order valence-electron chi connectivity index (χ0n) is 12.7. The largest absolute Gasteiger partial charge is 0.465 e. The number of benzene rings is 2. The highest BCUT2D eigenvalue weighted by molar-refractivity contribution is 5.93. The van der Waals surface area contributed by atoms with Crippen molar-refractivity contribution in [3.8, 4) is 6.07 Å². The third kappa shape index (κ3) is 3.50. The van der Waals surface area contributed by atoms with Gasteiger partial charge in [-0.2, -0.15) is 5.26 Å². The summed E-state index contributed by atoms with van der Waals surface area (Å²) < 4.78 is 4.85. The molecule has 22 heavy (non-hydrogen) atoms. The summed E-state index contributed by atoms with van der Waals surface area (Å²) in [5.41, 5.74) is 1.06. The maximum absolute atomic E-state index is 11.6. The standard InChI is InChI=1S/C18H18N2O2/c1-3-22-18(21)15(11-19)12-20-13(2)16-10-6-8-14-7-4-5-9-17(14)16/h4-10,12-13,15H,3H2,1-2H3/t13-,15-/m0/s1. The highest BCUT2D eigenvalue weighted by atomic mass is 16.5. The molecular weight excluding hydrogens is 276 g/mol. The van der Waals surface area contributed by atoms with Crippen LogP contribution < -0.4 is 0 Å². The van der Waals surface area contributed by atoms with Crippen molar-refractivity contribution in [1.82, 2.24) is 0 Å². The molecule has 4 nitrogen and oxygen atoms in total. The molecule has 0 fully saturated rings. The van der Waals surface area contributed by atoms with Crippen molar-refractivity contribution in [1.29, 1.82) is 5.26 Å². The molecule has 0 radical (unpaired) electrons. The number of hydrogen-bond donors (Lipinski definition) is 0. The molecule has 2 rings (SSSR count). The van der Waals surface area contributed by atoms with E-state index in [0.717, 1.165) is 16.3 Å². The molecule has 0 amide bonds. The number of carbonyl (C=O) groups excluding carboxylic acids is 1. The monoisotopic (exact) mass is 294 g/mol. The summed E-state index contributed by atoms with van der Waals surface area (Å²) in [7, 11) is 0. The number of ether oxygens (including phenoxy) is 1. The van der Waals surface area contributed by atoms with Gasteiger partial charge < -0.3 is 4.74 Å². The van der Waals surface area contributed by atoms with Gasteiger partial charge in [0.05, 0.1) is 18.7 Å². The first-order valence-electron chi connectivity index (χ1n) is 7.24. The lowest BCUT2D eigenvalue weighted by Gasteiger charge is -2.11. The molecule has 2 aromatic rings. The summed E-state index contributed by atoms with van der Waals surface area (Å²) >= 11 is 0. The van der Waals surface area contributed by atoms with Crippen LogP contribution in [0.4, 0.5) is 0 Å². The first-order valence-corrected chi connectivity index (χ1v) is 7.24. The van der Waals surface area contributed by atoms with Crippen LogP contribution in [-0.4, -0.2) is 18.8 Å². The van der Waals surface area contributed by atoms with E-state index in [4.69, 9.17) is 10.00 Å². The van der Waals surface area contributed by atoms with Gasteiger partial charge in [0.2, 0.25) is 0 Å². The summed E-state index contributed by atoms with van der Waals surface area (Å²) in [6.07, 6.45) is 1.38. The molecular formula is C18H18N2O2. The van der Waals surface area contributed by atoms with Crippen molar-refractivity contribution in [2.75, 3.05) is 6.61 Å². The van der Waals surface area contributed by atoms with Crippen molar-refractivity contribution >= 4 is 23.0 Å². The fourth-order valence-electron chi connectivity index (χ4n) is 2.29. The Hall–Kier alpha value is -2.67. The third-order valence-electron chi connectivity index (χ3n) is 3.41. The van der Waals surface area contributed by atoms with Crippen molar-refractivity contribution in [2.45, 2.75) is 19.9 Å². The minimum Gasteiger partial charge on any atom is -0.465 e. The topological polar surface area (TPSA) is 62.5 Å². The summed E-state index contributed by atoms with van der Waals surface area (Å²) in [4.78, 5) is 16.0. The number of nitrogens with zero attached hydrogens (tertiary/aromatic N) is 2. The molecule has 4 heteroatoms. The Balaban J connectivity index is 2.24. The molecule has 0 aliphatic carbocycles. The lowest BCUT2D eigenvalue weighted by atomic mass is 10.00. The summed E-state index contributed by atoms with van der Waals surface area (Å²) in [6, 6.07) is 15.9. The van der Waals surface area contributed by atoms with Gasteiger partial charge >= 0.3 is 5.97 Å². The molecule has 112 valence electrons. The Kier molecular flexibility index (Phi) is 5.26. The number of hydrogen-bond acceptors (Lipinski definition) is 4. The molecule has 0 saturated heterocycles. The molecule has 0 aromatic heterocycles. The van der Waals surface area contributed by atoms with Crippen LogP contribution in [0.2, 0.25) is 0 Å². The molecule has 0 heterocycles. The van der Waals surface area contributed by atoms with Gasteiger partial charge in [0.1, 0.15) is 0 Å². The summed E-state index contributed by atoms with van der Waals surface area (Å²) in [5.74, 6) is -1.52. The minimum atomic E-state index is -0.961. The minimum absolute atomic E-state index is 0.142. The van der Waals surface area contributed by atoms with E-state index in [2.05, 4.69) is 4.99 Å². The average molecular weight is 294 g/mol. The summed E-state index contributed by atoms with van der Waals surface area (Å²) in [6.45, 7) is 3.91. The maximum Gasteiger partial charge on any atom is 0.328 e. The van der Waals surface area contributed by atoms with E-state index in [0.29, 0.717) is 0 Å². The Morgan fingerprint density at radius 2 is 2.05 bits per heavy atom. The predicted molar refractivity (Wildman–Crippen MR) is 86.6 cm³/mol. The van der Waals surface area contributed by atoms with Gasteiger partial charge in [0.15, 0.2) is 5.92 Å². The SMILES string of the molecule is CCOC(=O)[C@@H](C#N)C=N[C@@H](C)c1cccc2ccccc12. The van der Waals surface area contributed by atoms with Crippen molar-refractivity contribution < 1.29 is 9.53 Å². The summed E-state index contributed by atoms with van der Waals surface area (Å²) in [5, 5.41) is 11.3. The molecule has 2 atom stereocenters. The molecule has 0 aliphatic rings. The van der Waals surface area contributed by atoms with Gasteiger partial charge in [-0.05, 0) is 30.2 Å². The van der Waals surface area contributed by atoms with Crippen LogP contribution in [-0.2, 0) is 9.53 Å². The first-order chi connectivity index (χ1) is 10.7. The lowest BCUT2D eigenvalue weighted by Crippen LogP contribution is -2.17. The van der Waals surface area contributed by atoms with E-state index in [9.17, 15) is 4.79 Å². The van der Waals surface area contributed by atoms with Gasteiger partial charge in [-0.25, -0.2) is 0 Å². The van der Waals surface area contributed by atoms with Crippen LogP contribution in [0.25, 0.3) is 10.8 Å². The molecule has 0 spiro atoms. The second kappa shape index (κ2) is 7.37. The molecule has 0 saturated carbocycles. The molecule has 0 bridgehead atoms. The van der Waals surface area contributed by atoms with Crippen LogP contribution in [0.1, 0.15) is 25.5 Å². The van der Waals surface area contributed by atoms with Gasteiger partial charge in [0.25, 0.3) is 0 Å². The molecule has 0 aliphatic heterocycles. The van der Waals surface area contributed by atoms with Crippen LogP contribution in [0.3, 0.4) is 0 Å². The molecule has 2 aromatic carbocycles. The van der Waals surface area contributed by atoms with E-state index >= 15 is 0 Å². The van der Waals surface area contributed by atoms with E-state index < -0.39 is 11.9 Å². The van der Waals surface area contributed by atoms with Crippen LogP contribution in [0, 0.1) is 17.2 Å². The fourth-order valence-corrected chi connectivity index (χ4v) is 2.29. The quantitative estimate of drug-likeness (QED) is 0.624. The van der Waals surface area contributed by atoms with Gasteiger partial charge in [0, 0.05) is 6.21 Å². The lowest BCUT2D eigenvalue weighted by molar-refractivity contribution is -0.143. The van der Waals surface area contributed by atoms with Crippen molar-refractivity contribution in [3.05, 3.63) is 48.0 Å². The van der Waals surface area contributed by atoms with E-state index in [-0.39, 0.29) is 12.6 Å². The fraction of sp³-hybridized carbons (Fsp3) is 0.278. The Labute approximate surface area is 130 Å². The van der Waals surface area contributed by atoms with Crippen molar-refractivity contribution in [2.24, 2.45) is 10.9 Å². The zero-order valence-corrected chi connectivity index (χ0v) is 12.7. The average Bonchev–Trinajstić information content (AvgIpc) is 2.55. The number of aliphatic imine (C=N–C) groups is 1. The second-order valence-electron chi connectivity index (χ2n) is 4.90. The van der Waals surface area contributed by atoms with Crippen LogP contribution in [0.15, 0.2) is 47.5 Å².